The summed E-state index contributed by atoms with van der Waals surface area (Å²) in [6.45, 7) is 1.92. The molecule has 92 valence electrons. The molecule has 4 heteroatoms. The molecule has 0 saturated carbocycles. The van der Waals surface area contributed by atoms with Gasteiger partial charge in [-0.25, -0.2) is 4.39 Å². The fourth-order valence-electron chi connectivity index (χ4n) is 1.61. The molecule has 0 saturated heterocycles. The Labute approximate surface area is 111 Å². The van der Waals surface area contributed by atoms with E-state index in [1.165, 1.54) is 6.07 Å². The molecule has 0 fully saturated rings. The summed E-state index contributed by atoms with van der Waals surface area (Å²) in [5.41, 5.74) is 8.55. The summed E-state index contributed by atoms with van der Waals surface area (Å²) in [6.07, 6.45) is 0. The molecular weight excluding hydrogens is 247 g/mol. The SMILES string of the molecule is Cc1ccc(F)c(Nc2ccc(C(N)=S)cc2)c1. The number of rotatable bonds is 3. The zero-order valence-corrected chi connectivity index (χ0v) is 10.7. The lowest BCUT2D eigenvalue weighted by atomic mass is 10.2. The first-order valence-corrected chi connectivity index (χ1v) is 5.90. The summed E-state index contributed by atoms with van der Waals surface area (Å²) in [4.78, 5) is 0.350. The quantitative estimate of drug-likeness (QED) is 0.829. The van der Waals surface area contributed by atoms with Crippen molar-refractivity contribution in [2.75, 3.05) is 5.32 Å². The number of nitrogens with two attached hydrogens (primary N) is 1. The summed E-state index contributed by atoms with van der Waals surface area (Å²) in [5, 5.41) is 3.02. The molecular formula is C14H13FN2S. The Morgan fingerprint density at radius 1 is 1.17 bits per heavy atom. The van der Waals surface area contributed by atoms with E-state index in [0.29, 0.717) is 10.7 Å². The minimum Gasteiger partial charge on any atom is -0.389 e. The highest BCUT2D eigenvalue weighted by molar-refractivity contribution is 7.80. The Morgan fingerprint density at radius 2 is 1.83 bits per heavy atom. The molecule has 0 amide bonds. The van der Waals surface area contributed by atoms with Crippen LogP contribution >= 0.6 is 12.2 Å². The molecule has 18 heavy (non-hydrogen) atoms. The lowest BCUT2D eigenvalue weighted by Crippen LogP contribution is -2.08. The number of halogens is 1. The number of anilines is 2. The van der Waals surface area contributed by atoms with Crippen molar-refractivity contribution in [2.45, 2.75) is 6.92 Å². The van der Waals surface area contributed by atoms with Gasteiger partial charge in [0.05, 0.1) is 5.69 Å². The number of aryl methyl sites for hydroxylation is 1. The maximum Gasteiger partial charge on any atom is 0.146 e. The Balaban J connectivity index is 2.23. The first kappa shape index (κ1) is 12.5. The van der Waals surface area contributed by atoms with Crippen molar-refractivity contribution in [2.24, 2.45) is 5.73 Å². The number of nitrogens with one attached hydrogen (secondary N) is 1. The Hall–Kier alpha value is -1.94. The molecule has 0 aliphatic rings. The molecule has 0 aromatic heterocycles. The molecule has 2 aromatic carbocycles. The fourth-order valence-corrected chi connectivity index (χ4v) is 1.74. The number of thiocarbonyl (C=S) groups is 1. The van der Waals surface area contributed by atoms with Crippen LogP contribution in [0.3, 0.4) is 0 Å². The molecule has 0 unspecified atom stereocenters. The van der Waals surface area contributed by atoms with E-state index in [4.69, 9.17) is 18.0 Å². The third-order valence-electron chi connectivity index (χ3n) is 2.57. The highest BCUT2D eigenvalue weighted by Crippen LogP contribution is 2.21. The predicted octanol–water partition coefficient (Wildman–Crippen LogP) is 3.51. The second kappa shape index (κ2) is 5.14. The van der Waals surface area contributed by atoms with E-state index in [1.807, 2.05) is 19.1 Å². The van der Waals surface area contributed by atoms with Crippen molar-refractivity contribution in [3.63, 3.8) is 0 Å². The first-order valence-electron chi connectivity index (χ1n) is 5.49. The topological polar surface area (TPSA) is 38.0 Å². The van der Waals surface area contributed by atoms with Crippen LogP contribution < -0.4 is 11.1 Å². The summed E-state index contributed by atoms with van der Waals surface area (Å²) in [7, 11) is 0. The average molecular weight is 260 g/mol. The fraction of sp³-hybridized carbons (Fsp3) is 0.0714. The van der Waals surface area contributed by atoms with Gasteiger partial charge in [-0.2, -0.15) is 0 Å². The van der Waals surface area contributed by atoms with Gasteiger partial charge < -0.3 is 11.1 Å². The van der Waals surface area contributed by atoms with Gasteiger partial charge in [-0.15, -0.1) is 0 Å². The average Bonchev–Trinajstić information content (AvgIpc) is 2.34. The third-order valence-corrected chi connectivity index (χ3v) is 2.81. The van der Waals surface area contributed by atoms with E-state index in [1.54, 1.807) is 24.3 Å². The highest BCUT2D eigenvalue weighted by atomic mass is 32.1. The minimum atomic E-state index is -0.279. The first-order chi connectivity index (χ1) is 8.56. The summed E-state index contributed by atoms with van der Waals surface area (Å²) < 4.78 is 13.6. The van der Waals surface area contributed by atoms with Gasteiger partial charge in [0.2, 0.25) is 0 Å². The molecule has 0 bridgehead atoms. The lowest BCUT2D eigenvalue weighted by Gasteiger charge is -2.09. The molecule has 0 heterocycles. The minimum absolute atomic E-state index is 0.279. The van der Waals surface area contributed by atoms with E-state index < -0.39 is 0 Å². The Morgan fingerprint density at radius 3 is 2.44 bits per heavy atom. The molecule has 0 spiro atoms. The number of benzene rings is 2. The van der Waals surface area contributed by atoms with Gasteiger partial charge in [0.25, 0.3) is 0 Å². The monoisotopic (exact) mass is 260 g/mol. The zero-order valence-electron chi connectivity index (χ0n) is 9.91. The van der Waals surface area contributed by atoms with E-state index in [2.05, 4.69) is 5.32 Å². The number of hydrogen-bond acceptors (Lipinski definition) is 2. The van der Waals surface area contributed by atoms with Crippen molar-refractivity contribution in [1.29, 1.82) is 0 Å². The third kappa shape index (κ3) is 2.84. The van der Waals surface area contributed by atoms with Gasteiger partial charge in [0.1, 0.15) is 10.8 Å². The molecule has 3 N–H and O–H groups in total. The van der Waals surface area contributed by atoms with Crippen LogP contribution in [0.25, 0.3) is 0 Å². The van der Waals surface area contributed by atoms with Gasteiger partial charge in [0.15, 0.2) is 0 Å². The summed E-state index contributed by atoms with van der Waals surface area (Å²) in [5.74, 6) is -0.279. The van der Waals surface area contributed by atoms with Crippen LogP contribution in [0.5, 0.6) is 0 Å². The second-order valence-corrected chi connectivity index (χ2v) is 4.49. The normalized spacial score (nSPS) is 10.1. The van der Waals surface area contributed by atoms with Gasteiger partial charge in [-0.05, 0) is 48.9 Å². The molecule has 0 aliphatic heterocycles. The molecule has 0 radical (unpaired) electrons. The van der Waals surface area contributed by atoms with Gasteiger partial charge in [-0.3, -0.25) is 0 Å². The molecule has 2 aromatic rings. The number of hydrogen-bond donors (Lipinski definition) is 2. The van der Waals surface area contributed by atoms with Crippen LogP contribution in [0, 0.1) is 12.7 Å². The van der Waals surface area contributed by atoms with Crippen molar-refractivity contribution in [3.8, 4) is 0 Å². The smallest absolute Gasteiger partial charge is 0.146 e. The second-order valence-electron chi connectivity index (χ2n) is 4.05. The van der Waals surface area contributed by atoms with Crippen LogP contribution in [0.1, 0.15) is 11.1 Å². The van der Waals surface area contributed by atoms with E-state index in [-0.39, 0.29) is 5.82 Å². The summed E-state index contributed by atoms with van der Waals surface area (Å²) >= 11 is 4.87. The van der Waals surface area contributed by atoms with Crippen LogP contribution in [0.2, 0.25) is 0 Å². The van der Waals surface area contributed by atoms with Crippen molar-refractivity contribution < 1.29 is 4.39 Å². The van der Waals surface area contributed by atoms with Gasteiger partial charge in [-0.1, -0.05) is 18.3 Å². The standard InChI is InChI=1S/C14H13FN2S/c1-9-2-7-12(15)13(8-9)17-11-5-3-10(4-6-11)14(16)18/h2-8,17H,1H3,(H2,16,18). The van der Waals surface area contributed by atoms with Crippen LogP contribution in [-0.4, -0.2) is 4.99 Å². The molecule has 2 rings (SSSR count). The molecule has 2 nitrogen and oxygen atoms in total. The van der Waals surface area contributed by atoms with Crippen molar-refractivity contribution in [1.82, 2.24) is 0 Å². The van der Waals surface area contributed by atoms with Gasteiger partial charge in [0, 0.05) is 11.3 Å². The van der Waals surface area contributed by atoms with Crippen LogP contribution in [-0.2, 0) is 0 Å². The Kier molecular flexibility index (Phi) is 3.58. The summed E-state index contributed by atoms with van der Waals surface area (Å²) in [6, 6.07) is 12.2. The molecule has 0 atom stereocenters. The van der Waals surface area contributed by atoms with Crippen molar-refractivity contribution >= 4 is 28.6 Å². The van der Waals surface area contributed by atoms with Crippen molar-refractivity contribution in [3.05, 3.63) is 59.4 Å². The largest absolute Gasteiger partial charge is 0.389 e. The Bertz CT molecular complexity index is 579. The zero-order chi connectivity index (χ0) is 13.1. The van der Waals surface area contributed by atoms with Crippen LogP contribution in [0.15, 0.2) is 42.5 Å². The highest BCUT2D eigenvalue weighted by Gasteiger charge is 2.03. The lowest BCUT2D eigenvalue weighted by molar-refractivity contribution is 0.631. The maximum absolute atomic E-state index is 13.6. The van der Waals surface area contributed by atoms with E-state index in [9.17, 15) is 4.39 Å². The van der Waals surface area contributed by atoms with E-state index >= 15 is 0 Å². The molecule has 0 aliphatic carbocycles. The van der Waals surface area contributed by atoms with Crippen LogP contribution in [0.4, 0.5) is 15.8 Å². The van der Waals surface area contributed by atoms with Gasteiger partial charge >= 0.3 is 0 Å². The maximum atomic E-state index is 13.6. The predicted molar refractivity (Wildman–Crippen MR) is 76.7 cm³/mol. The van der Waals surface area contributed by atoms with E-state index in [0.717, 1.165) is 16.8 Å².